The minimum atomic E-state index is -0.258. The lowest BCUT2D eigenvalue weighted by atomic mass is 9.84. The fourth-order valence-electron chi connectivity index (χ4n) is 2.60. The Morgan fingerprint density at radius 3 is 2.78 bits per heavy atom. The summed E-state index contributed by atoms with van der Waals surface area (Å²) >= 11 is 6.19. The number of aryl methyl sites for hydroxylation is 1. The topological polar surface area (TPSA) is 47.3 Å². The Morgan fingerprint density at radius 2 is 2.22 bits per heavy atom. The molecule has 1 aromatic rings. The van der Waals surface area contributed by atoms with E-state index in [1.807, 2.05) is 19.1 Å². The Hall–Kier alpha value is -0.610. The average molecular weight is 269 g/mol. The first-order valence-corrected chi connectivity index (χ1v) is 6.81. The first-order chi connectivity index (χ1) is 8.57. The zero-order valence-corrected chi connectivity index (χ0v) is 11.8. The summed E-state index contributed by atoms with van der Waals surface area (Å²) in [5.74, 6) is 5.74. The zero-order chi connectivity index (χ0) is 13.2. The van der Waals surface area contributed by atoms with Gasteiger partial charge in [0.05, 0.1) is 11.6 Å². The fourth-order valence-corrected chi connectivity index (χ4v) is 2.79. The third kappa shape index (κ3) is 2.69. The van der Waals surface area contributed by atoms with Gasteiger partial charge in [0, 0.05) is 11.6 Å². The van der Waals surface area contributed by atoms with Gasteiger partial charge in [-0.25, -0.2) is 0 Å². The summed E-state index contributed by atoms with van der Waals surface area (Å²) in [5, 5.41) is 0.771. The molecule has 0 saturated carbocycles. The molecule has 0 aromatic heterocycles. The van der Waals surface area contributed by atoms with Crippen molar-refractivity contribution in [3.05, 3.63) is 34.3 Å². The summed E-state index contributed by atoms with van der Waals surface area (Å²) in [6.45, 7) is 4.91. The third-order valence-corrected chi connectivity index (χ3v) is 4.21. The highest BCUT2D eigenvalue weighted by molar-refractivity contribution is 6.31. The number of hydrogen-bond donors (Lipinski definition) is 2. The molecule has 100 valence electrons. The maximum Gasteiger partial charge on any atom is 0.0861 e. The number of rotatable bonds is 3. The van der Waals surface area contributed by atoms with Crippen molar-refractivity contribution in [1.82, 2.24) is 5.43 Å². The molecule has 1 fully saturated rings. The van der Waals surface area contributed by atoms with E-state index in [1.54, 1.807) is 0 Å². The highest BCUT2D eigenvalue weighted by Gasteiger charge is 2.37. The van der Waals surface area contributed by atoms with Gasteiger partial charge in [0.25, 0.3) is 0 Å². The largest absolute Gasteiger partial charge is 0.373 e. The van der Waals surface area contributed by atoms with Crippen molar-refractivity contribution >= 4 is 11.6 Å². The van der Waals surface area contributed by atoms with Crippen LogP contribution in [0.1, 0.15) is 43.4 Å². The van der Waals surface area contributed by atoms with Gasteiger partial charge in [0.1, 0.15) is 0 Å². The summed E-state index contributed by atoms with van der Waals surface area (Å²) in [4.78, 5) is 0. The SMILES string of the molecule is Cc1ccc(C(NN)C2(C)CCCCO2)cc1Cl. The molecule has 2 atom stereocenters. The molecule has 1 aliphatic heterocycles. The molecule has 18 heavy (non-hydrogen) atoms. The molecule has 0 spiro atoms. The Balaban J connectivity index is 2.29. The second-order valence-corrected chi connectivity index (χ2v) is 5.63. The monoisotopic (exact) mass is 268 g/mol. The Bertz CT molecular complexity index is 416. The van der Waals surface area contributed by atoms with Gasteiger partial charge in [-0.2, -0.15) is 0 Å². The van der Waals surface area contributed by atoms with Crippen molar-refractivity contribution in [2.45, 2.75) is 44.8 Å². The van der Waals surface area contributed by atoms with Crippen molar-refractivity contribution in [2.24, 2.45) is 5.84 Å². The van der Waals surface area contributed by atoms with E-state index in [0.717, 1.165) is 35.6 Å². The quantitative estimate of drug-likeness (QED) is 0.654. The van der Waals surface area contributed by atoms with E-state index in [4.69, 9.17) is 22.2 Å². The van der Waals surface area contributed by atoms with Crippen LogP contribution in [-0.4, -0.2) is 12.2 Å². The van der Waals surface area contributed by atoms with Crippen LogP contribution in [0.3, 0.4) is 0 Å². The van der Waals surface area contributed by atoms with Crippen molar-refractivity contribution in [3.63, 3.8) is 0 Å². The Labute approximate surface area is 114 Å². The highest BCUT2D eigenvalue weighted by atomic mass is 35.5. The lowest BCUT2D eigenvalue weighted by Gasteiger charge is -2.40. The van der Waals surface area contributed by atoms with E-state index < -0.39 is 0 Å². The fraction of sp³-hybridized carbons (Fsp3) is 0.571. The molecule has 4 heteroatoms. The first kappa shape index (κ1) is 13.8. The molecular weight excluding hydrogens is 248 g/mol. The molecule has 1 aliphatic rings. The van der Waals surface area contributed by atoms with Gasteiger partial charge < -0.3 is 4.74 Å². The van der Waals surface area contributed by atoms with Crippen molar-refractivity contribution < 1.29 is 4.74 Å². The zero-order valence-electron chi connectivity index (χ0n) is 11.0. The number of hydrazine groups is 1. The molecule has 1 saturated heterocycles. The predicted molar refractivity (Wildman–Crippen MR) is 74.5 cm³/mol. The molecule has 3 N–H and O–H groups in total. The molecule has 0 amide bonds. The van der Waals surface area contributed by atoms with Crippen LogP contribution in [0, 0.1) is 6.92 Å². The molecular formula is C14H21ClN2O. The molecule has 3 nitrogen and oxygen atoms in total. The maximum absolute atomic E-state index is 6.19. The summed E-state index contributed by atoms with van der Waals surface area (Å²) in [6, 6.07) is 6.03. The molecule has 0 radical (unpaired) electrons. The average Bonchev–Trinajstić information content (AvgIpc) is 2.35. The van der Waals surface area contributed by atoms with Crippen molar-refractivity contribution in [1.29, 1.82) is 0 Å². The second-order valence-electron chi connectivity index (χ2n) is 5.23. The Kier molecular flexibility index (Phi) is 4.28. The van der Waals surface area contributed by atoms with Gasteiger partial charge >= 0.3 is 0 Å². The lowest BCUT2D eigenvalue weighted by molar-refractivity contribution is -0.0898. The van der Waals surface area contributed by atoms with Crippen molar-refractivity contribution in [2.75, 3.05) is 6.61 Å². The van der Waals surface area contributed by atoms with Crippen LogP contribution in [0.2, 0.25) is 5.02 Å². The van der Waals surface area contributed by atoms with Gasteiger partial charge in [-0.3, -0.25) is 11.3 Å². The van der Waals surface area contributed by atoms with Crippen molar-refractivity contribution in [3.8, 4) is 0 Å². The minimum Gasteiger partial charge on any atom is -0.373 e. The van der Waals surface area contributed by atoms with E-state index in [2.05, 4.69) is 18.4 Å². The number of benzene rings is 1. The number of nitrogens with one attached hydrogen (secondary N) is 1. The number of nitrogens with two attached hydrogens (primary N) is 1. The summed E-state index contributed by atoms with van der Waals surface area (Å²) in [7, 11) is 0. The molecule has 2 unspecified atom stereocenters. The summed E-state index contributed by atoms with van der Waals surface area (Å²) in [5.41, 5.74) is 4.79. The number of halogens is 1. The lowest BCUT2D eigenvalue weighted by Crippen LogP contribution is -2.48. The van der Waals surface area contributed by atoms with E-state index in [0.29, 0.717) is 0 Å². The van der Waals surface area contributed by atoms with E-state index in [9.17, 15) is 0 Å². The first-order valence-electron chi connectivity index (χ1n) is 6.43. The molecule has 1 aromatic carbocycles. The smallest absolute Gasteiger partial charge is 0.0861 e. The van der Waals surface area contributed by atoms with Gasteiger partial charge in [-0.1, -0.05) is 23.7 Å². The van der Waals surface area contributed by atoms with Gasteiger partial charge in [-0.15, -0.1) is 0 Å². The van der Waals surface area contributed by atoms with Crippen LogP contribution in [-0.2, 0) is 4.74 Å². The molecule has 0 aliphatic carbocycles. The molecule has 2 rings (SSSR count). The van der Waals surface area contributed by atoms with E-state index in [-0.39, 0.29) is 11.6 Å². The standard InChI is InChI=1S/C14H21ClN2O/c1-10-5-6-11(9-12(10)15)13(17-16)14(2)7-3-4-8-18-14/h5-6,9,13,17H,3-4,7-8,16H2,1-2H3. The predicted octanol–water partition coefficient (Wildman–Crippen LogP) is 3.11. The van der Waals surface area contributed by atoms with Crippen LogP contribution in [0.15, 0.2) is 18.2 Å². The normalized spacial score (nSPS) is 26.0. The minimum absolute atomic E-state index is 0.0316. The Morgan fingerprint density at radius 1 is 1.44 bits per heavy atom. The number of ether oxygens (including phenoxy) is 1. The van der Waals surface area contributed by atoms with E-state index >= 15 is 0 Å². The maximum atomic E-state index is 6.19. The van der Waals surface area contributed by atoms with Crippen LogP contribution in [0.4, 0.5) is 0 Å². The van der Waals surface area contributed by atoms with Crippen LogP contribution in [0.5, 0.6) is 0 Å². The van der Waals surface area contributed by atoms with Gasteiger partial charge in [0.2, 0.25) is 0 Å². The number of hydrogen-bond acceptors (Lipinski definition) is 3. The van der Waals surface area contributed by atoms with Gasteiger partial charge in [0.15, 0.2) is 0 Å². The molecule has 1 heterocycles. The van der Waals surface area contributed by atoms with E-state index in [1.165, 1.54) is 6.42 Å². The summed E-state index contributed by atoms with van der Waals surface area (Å²) < 4.78 is 5.96. The highest BCUT2D eigenvalue weighted by Crippen LogP contribution is 2.37. The van der Waals surface area contributed by atoms with Crippen LogP contribution < -0.4 is 11.3 Å². The second kappa shape index (κ2) is 5.57. The van der Waals surface area contributed by atoms with Crippen LogP contribution in [0.25, 0.3) is 0 Å². The molecule has 0 bridgehead atoms. The summed E-state index contributed by atoms with van der Waals surface area (Å²) in [6.07, 6.45) is 3.31. The third-order valence-electron chi connectivity index (χ3n) is 3.81. The van der Waals surface area contributed by atoms with Crippen LogP contribution >= 0.6 is 11.6 Å². The van der Waals surface area contributed by atoms with Gasteiger partial charge in [-0.05, 0) is 50.3 Å².